The predicted molar refractivity (Wildman–Crippen MR) is 157 cm³/mol. The van der Waals surface area contributed by atoms with E-state index in [2.05, 4.69) is 31.0 Å². The number of fused-ring (bicyclic) bond motifs is 5. The van der Waals surface area contributed by atoms with E-state index in [-0.39, 0.29) is 23.5 Å². The summed E-state index contributed by atoms with van der Waals surface area (Å²) in [6, 6.07) is 0.174. The highest BCUT2D eigenvalue weighted by atomic mass is 16.3. The number of Topliss-reactive ketones (excluding diaryl/α,β-unsaturated/α-hetero) is 1. The second-order valence-electron chi connectivity index (χ2n) is 15.6. The molecule has 5 heteroatoms. The maximum absolute atomic E-state index is 12.4. The van der Waals surface area contributed by atoms with Crippen LogP contribution in [-0.2, 0) is 9.59 Å². The average Bonchev–Trinajstić information content (AvgIpc) is 3.18. The molecule has 0 aromatic heterocycles. The topological polar surface area (TPSA) is 69.6 Å². The van der Waals surface area contributed by atoms with Gasteiger partial charge in [-0.3, -0.25) is 14.5 Å². The van der Waals surface area contributed by atoms with E-state index in [9.17, 15) is 14.7 Å². The van der Waals surface area contributed by atoms with Gasteiger partial charge in [-0.15, -0.1) is 0 Å². The van der Waals surface area contributed by atoms with E-state index in [1.54, 1.807) is 11.1 Å². The van der Waals surface area contributed by atoms with Crippen molar-refractivity contribution in [1.29, 1.82) is 0 Å². The number of nitrogens with one attached hydrogen (secondary N) is 1. The molecule has 3 saturated carbocycles. The number of aliphatic hydroxyl groups excluding tert-OH is 1. The van der Waals surface area contributed by atoms with E-state index in [0.29, 0.717) is 35.5 Å². The van der Waals surface area contributed by atoms with Crippen LogP contribution in [0.4, 0.5) is 0 Å². The molecule has 0 aromatic carbocycles. The lowest BCUT2D eigenvalue weighted by molar-refractivity contribution is -0.130. The van der Waals surface area contributed by atoms with Crippen LogP contribution in [0.25, 0.3) is 0 Å². The molecule has 1 aliphatic heterocycles. The smallest absolute Gasteiger partial charge is 0.225 e. The minimum atomic E-state index is -0.373. The average molecular weight is 541 g/mol. The molecule has 9 unspecified atom stereocenters. The van der Waals surface area contributed by atoms with Gasteiger partial charge in [0, 0.05) is 37.4 Å². The molecular weight excluding hydrogens is 484 g/mol. The molecule has 220 valence electrons. The Morgan fingerprint density at radius 2 is 1.90 bits per heavy atom. The molecule has 1 heterocycles. The predicted octanol–water partition coefficient (Wildman–Crippen LogP) is 6.15. The summed E-state index contributed by atoms with van der Waals surface area (Å²) in [5, 5.41) is 14.4. The van der Waals surface area contributed by atoms with Gasteiger partial charge < -0.3 is 10.4 Å². The van der Waals surface area contributed by atoms with Gasteiger partial charge in [0.25, 0.3) is 0 Å². The van der Waals surface area contributed by atoms with Crippen molar-refractivity contribution in [3.05, 3.63) is 11.1 Å². The van der Waals surface area contributed by atoms with E-state index in [4.69, 9.17) is 0 Å². The summed E-state index contributed by atoms with van der Waals surface area (Å²) in [4.78, 5) is 27.2. The monoisotopic (exact) mass is 540 g/mol. The number of carbonyl (C=O) groups is 2. The van der Waals surface area contributed by atoms with Crippen molar-refractivity contribution in [2.75, 3.05) is 19.6 Å². The zero-order valence-corrected chi connectivity index (χ0v) is 25.7. The zero-order chi connectivity index (χ0) is 28.1. The maximum atomic E-state index is 12.4. The van der Waals surface area contributed by atoms with Gasteiger partial charge in [-0.25, -0.2) is 0 Å². The Bertz CT molecular complexity index is 966. The van der Waals surface area contributed by atoms with Crippen LogP contribution in [0.3, 0.4) is 0 Å². The number of carbonyl (C=O) groups excluding carboxylic acids is 2. The molecule has 0 spiro atoms. The number of piperidine rings is 1. The molecule has 0 bridgehead atoms. The van der Waals surface area contributed by atoms with Gasteiger partial charge in [-0.1, -0.05) is 45.8 Å². The van der Waals surface area contributed by atoms with E-state index in [0.717, 1.165) is 62.9 Å². The first-order chi connectivity index (χ1) is 18.4. The molecule has 5 aliphatic rings. The van der Waals surface area contributed by atoms with E-state index < -0.39 is 0 Å². The molecule has 1 amide bonds. The first-order valence-corrected chi connectivity index (χ1v) is 16.3. The molecule has 5 nitrogen and oxygen atoms in total. The van der Waals surface area contributed by atoms with Crippen LogP contribution in [0.2, 0.25) is 0 Å². The Hall–Kier alpha value is -1.20. The fraction of sp³-hybridized carbons (Fsp3) is 0.882. The highest BCUT2D eigenvalue weighted by molar-refractivity contribution is 5.81. The van der Waals surface area contributed by atoms with Crippen molar-refractivity contribution in [2.24, 2.45) is 46.3 Å². The first-order valence-electron chi connectivity index (χ1n) is 16.3. The fourth-order valence-corrected chi connectivity index (χ4v) is 9.96. The molecule has 5 rings (SSSR count). The third kappa shape index (κ3) is 5.65. The zero-order valence-electron chi connectivity index (χ0n) is 25.7. The normalized spacial score (nSPS) is 40.4. The van der Waals surface area contributed by atoms with Gasteiger partial charge >= 0.3 is 0 Å². The Morgan fingerprint density at radius 1 is 1.13 bits per heavy atom. The molecule has 2 N–H and O–H groups in total. The molecule has 4 aliphatic carbocycles. The standard InChI is InChI=1S/C34H56N2O3/c1-21-18-23(22(2)31-30(38)8-7-16-36(31)17-15-35-32(39)33(3,4)5)9-11-26-27-12-10-24-19-25(37)13-14-34(24,6)29(27)20-28(21)26/h22-24,26-27,29-31,38H,7-20H2,1-6H3,(H,35,39). The maximum Gasteiger partial charge on any atom is 0.225 e. The number of hydrogen-bond acceptors (Lipinski definition) is 4. The molecule has 4 fully saturated rings. The summed E-state index contributed by atoms with van der Waals surface area (Å²) >= 11 is 0. The van der Waals surface area contributed by atoms with Crippen molar-refractivity contribution < 1.29 is 14.7 Å². The lowest BCUT2D eigenvalue weighted by Crippen LogP contribution is -2.55. The number of allylic oxidation sites excluding steroid dienone is 2. The second kappa shape index (κ2) is 11.2. The SMILES string of the molecule is CC1=C2CC3C(CCC4CC(=O)CCC43C)C2CCC(C(C)C2C(O)CCCN2CCNC(=O)C(C)(C)C)C1. The molecule has 0 aromatic rings. The Kier molecular flexibility index (Phi) is 8.44. The van der Waals surface area contributed by atoms with Gasteiger partial charge in [-0.05, 0) is 112 Å². The number of rotatable bonds is 5. The summed E-state index contributed by atoms with van der Waals surface area (Å²) in [6.07, 6.45) is 12.0. The molecular formula is C34H56N2O3. The van der Waals surface area contributed by atoms with Gasteiger partial charge in [-0.2, -0.15) is 0 Å². The van der Waals surface area contributed by atoms with E-state index in [1.807, 2.05) is 20.8 Å². The number of ketones is 1. The van der Waals surface area contributed by atoms with Crippen LogP contribution in [0.1, 0.15) is 112 Å². The third-order valence-corrected chi connectivity index (χ3v) is 12.3. The van der Waals surface area contributed by atoms with Crippen molar-refractivity contribution >= 4 is 11.7 Å². The molecule has 0 radical (unpaired) electrons. The summed E-state index contributed by atoms with van der Waals surface area (Å²) < 4.78 is 0. The summed E-state index contributed by atoms with van der Waals surface area (Å²) in [6.45, 7) is 15.7. The summed E-state index contributed by atoms with van der Waals surface area (Å²) in [5.41, 5.74) is 3.41. The highest BCUT2D eigenvalue weighted by Crippen LogP contribution is 2.64. The van der Waals surface area contributed by atoms with E-state index >= 15 is 0 Å². The number of amides is 1. The van der Waals surface area contributed by atoms with Crippen LogP contribution in [0.5, 0.6) is 0 Å². The number of likely N-dealkylation sites (tertiary alicyclic amines) is 1. The van der Waals surface area contributed by atoms with Crippen molar-refractivity contribution in [2.45, 2.75) is 124 Å². The van der Waals surface area contributed by atoms with Crippen molar-refractivity contribution in [1.82, 2.24) is 10.2 Å². The van der Waals surface area contributed by atoms with Crippen molar-refractivity contribution in [3.8, 4) is 0 Å². The van der Waals surface area contributed by atoms with Gasteiger partial charge in [0.1, 0.15) is 5.78 Å². The number of nitrogens with zero attached hydrogens (tertiary/aromatic N) is 1. The number of hydrogen-bond donors (Lipinski definition) is 2. The number of aliphatic hydroxyl groups is 1. The fourth-order valence-electron chi connectivity index (χ4n) is 9.96. The highest BCUT2D eigenvalue weighted by Gasteiger charge is 2.56. The largest absolute Gasteiger partial charge is 0.391 e. The lowest BCUT2D eigenvalue weighted by atomic mass is 9.52. The Balaban J connectivity index is 1.27. The van der Waals surface area contributed by atoms with Crippen molar-refractivity contribution in [3.63, 3.8) is 0 Å². The van der Waals surface area contributed by atoms with E-state index in [1.165, 1.54) is 38.5 Å². The lowest BCUT2D eigenvalue weighted by Gasteiger charge is -2.52. The minimum absolute atomic E-state index is 0.100. The minimum Gasteiger partial charge on any atom is -0.391 e. The van der Waals surface area contributed by atoms with Gasteiger partial charge in [0.15, 0.2) is 0 Å². The molecule has 1 saturated heterocycles. The van der Waals surface area contributed by atoms with Crippen LogP contribution < -0.4 is 5.32 Å². The molecule has 9 atom stereocenters. The van der Waals surface area contributed by atoms with Crippen LogP contribution in [0, 0.1) is 46.3 Å². The summed E-state index contributed by atoms with van der Waals surface area (Å²) in [7, 11) is 0. The second-order valence-corrected chi connectivity index (χ2v) is 15.6. The Labute approximate surface area is 237 Å². The quantitative estimate of drug-likeness (QED) is 0.411. The van der Waals surface area contributed by atoms with Crippen LogP contribution >= 0.6 is 0 Å². The summed E-state index contributed by atoms with van der Waals surface area (Å²) in [5.74, 6) is 4.57. The third-order valence-electron chi connectivity index (χ3n) is 12.3. The van der Waals surface area contributed by atoms with Gasteiger partial charge in [0.2, 0.25) is 5.91 Å². The Morgan fingerprint density at radius 3 is 2.64 bits per heavy atom. The first kappa shape index (κ1) is 29.3. The molecule has 39 heavy (non-hydrogen) atoms. The van der Waals surface area contributed by atoms with Gasteiger partial charge in [0.05, 0.1) is 6.10 Å². The van der Waals surface area contributed by atoms with Crippen LogP contribution in [-0.4, -0.2) is 53.5 Å². The van der Waals surface area contributed by atoms with Crippen LogP contribution in [0.15, 0.2) is 11.1 Å².